The van der Waals surface area contributed by atoms with Gasteiger partial charge in [-0.2, -0.15) is 0 Å². The molecule has 1 aromatic heterocycles. The van der Waals surface area contributed by atoms with Gasteiger partial charge in [-0.15, -0.1) is 0 Å². The van der Waals surface area contributed by atoms with Crippen molar-refractivity contribution in [3.63, 3.8) is 0 Å². The number of nitrogens with zero attached hydrogens (tertiary/aromatic N) is 2. The van der Waals surface area contributed by atoms with Crippen LogP contribution in [0.3, 0.4) is 0 Å². The van der Waals surface area contributed by atoms with Gasteiger partial charge in [0.25, 0.3) is 0 Å². The normalized spacial score (nSPS) is 18.9. The number of carboxylic acids is 1. The molecule has 1 fully saturated rings. The molecule has 0 radical (unpaired) electrons. The van der Waals surface area contributed by atoms with Crippen LogP contribution in [0.4, 0.5) is 0 Å². The van der Waals surface area contributed by atoms with Crippen LogP contribution in [0.25, 0.3) is 10.9 Å². The average Bonchev–Trinajstić information content (AvgIpc) is 2.86. The van der Waals surface area contributed by atoms with E-state index in [2.05, 4.69) is 21.7 Å². The van der Waals surface area contributed by atoms with Gasteiger partial charge in [-0.1, -0.05) is 35.0 Å². The van der Waals surface area contributed by atoms with Crippen molar-refractivity contribution in [3.8, 4) is 17.6 Å². The first-order chi connectivity index (χ1) is 17.3. The fraction of sp³-hybridized carbons (Fsp3) is 0.357. The van der Waals surface area contributed by atoms with Crippen LogP contribution >= 0.6 is 23.2 Å². The second-order valence-corrected chi connectivity index (χ2v) is 9.94. The van der Waals surface area contributed by atoms with Gasteiger partial charge in [-0.25, -0.2) is 0 Å². The molecule has 0 bridgehead atoms. The molecule has 1 aliphatic rings. The van der Waals surface area contributed by atoms with Crippen LogP contribution in [0.1, 0.15) is 36.5 Å². The minimum Gasteiger partial charge on any atom is -0.497 e. The molecule has 2 aromatic carbocycles. The Kier molecular flexibility index (Phi) is 8.71. The van der Waals surface area contributed by atoms with Crippen molar-refractivity contribution in [1.29, 1.82) is 0 Å². The standard InChI is InChI=1S/C28H28Cl2N2O4/c1-36-22-5-6-26-24(16-22)23(8-10-31-26)27(33)7-4-19-9-12-32(17-25(19)28(34)35)11-2-3-18-13-20(29)15-21(30)14-18/h5-6,8,10,13-16,19,25,27,33H,4,7,9,11-12,17H2,1H3,(H,34,35)/t19-,25+,27-/m1/s1. The number of fused-ring (bicyclic) bond motifs is 1. The fourth-order valence-electron chi connectivity index (χ4n) is 4.81. The average molecular weight is 527 g/mol. The van der Waals surface area contributed by atoms with Crippen LogP contribution in [0, 0.1) is 23.7 Å². The summed E-state index contributed by atoms with van der Waals surface area (Å²) < 4.78 is 5.33. The van der Waals surface area contributed by atoms with Gasteiger partial charge >= 0.3 is 5.97 Å². The van der Waals surface area contributed by atoms with Crippen molar-refractivity contribution in [2.24, 2.45) is 11.8 Å². The Hall–Kier alpha value is -2.82. The van der Waals surface area contributed by atoms with E-state index in [1.54, 1.807) is 31.5 Å². The van der Waals surface area contributed by atoms with Gasteiger partial charge in [0.2, 0.25) is 0 Å². The van der Waals surface area contributed by atoms with Gasteiger partial charge in [-0.3, -0.25) is 14.7 Å². The number of hydrogen-bond acceptors (Lipinski definition) is 5. The van der Waals surface area contributed by atoms with E-state index in [-0.39, 0.29) is 5.92 Å². The molecule has 0 spiro atoms. The highest BCUT2D eigenvalue weighted by molar-refractivity contribution is 6.34. The molecule has 3 atom stereocenters. The van der Waals surface area contributed by atoms with E-state index >= 15 is 0 Å². The fourth-order valence-corrected chi connectivity index (χ4v) is 5.33. The van der Waals surface area contributed by atoms with E-state index < -0.39 is 18.0 Å². The second kappa shape index (κ2) is 11.9. The number of ether oxygens (including phenoxy) is 1. The Morgan fingerprint density at radius 2 is 2.00 bits per heavy atom. The smallest absolute Gasteiger partial charge is 0.308 e. The zero-order valence-corrected chi connectivity index (χ0v) is 21.5. The highest BCUT2D eigenvalue weighted by atomic mass is 35.5. The second-order valence-electron chi connectivity index (χ2n) is 9.06. The molecule has 2 heterocycles. The minimum atomic E-state index is -0.812. The molecule has 0 unspecified atom stereocenters. The summed E-state index contributed by atoms with van der Waals surface area (Å²) in [6, 6.07) is 12.5. The maximum absolute atomic E-state index is 12.1. The van der Waals surface area contributed by atoms with Crippen LogP contribution < -0.4 is 4.74 Å². The molecule has 0 saturated carbocycles. The Morgan fingerprint density at radius 1 is 1.22 bits per heavy atom. The number of carboxylic acid groups (broad SMARTS) is 1. The van der Waals surface area contributed by atoms with E-state index in [0.29, 0.717) is 41.7 Å². The van der Waals surface area contributed by atoms with Crippen molar-refractivity contribution < 1.29 is 19.7 Å². The Bertz CT molecular complexity index is 1280. The molecule has 1 saturated heterocycles. The topological polar surface area (TPSA) is 82.9 Å². The zero-order chi connectivity index (χ0) is 25.7. The minimum absolute atomic E-state index is 0.0178. The quantitative estimate of drug-likeness (QED) is 0.399. The van der Waals surface area contributed by atoms with Gasteiger partial charge in [0.15, 0.2) is 0 Å². The maximum atomic E-state index is 12.1. The van der Waals surface area contributed by atoms with E-state index in [9.17, 15) is 15.0 Å². The maximum Gasteiger partial charge on any atom is 0.308 e. The molecule has 36 heavy (non-hydrogen) atoms. The summed E-state index contributed by atoms with van der Waals surface area (Å²) in [7, 11) is 1.60. The summed E-state index contributed by atoms with van der Waals surface area (Å²) >= 11 is 12.1. The SMILES string of the molecule is COc1ccc2nccc([C@H](O)CC[C@@H]3CCN(CC#Cc4cc(Cl)cc(Cl)c4)C[C@@H]3C(=O)O)c2c1. The monoisotopic (exact) mass is 526 g/mol. The third kappa shape index (κ3) is 6.48. The summed E-state index contributed by atoms with van der Waals surface area (Å²) in [5.74, 6) is 5.52. The number of aromatic nitrogens is 1. The van der Waals surface area contributed by atoms with Crippen LogP contribution in [0.5, 0.6) is 5.75 Å². The predicted molar refractivity (Wildman–Crippen MR) is 142 cm³/mol. The number of likely N-dealkylation sites (tertiary alicyclic amines) is 1. The highest BCUT2D eigenvalue weighted by Gasteiger charge is 2.34. The molecular weight excluding hydrogens is 499 g/mol. The number of pyridine rings is 1. The van der Waals surface area contributed by atoms with E-state index in [4.69, 9.17) is 27.9 Å². The number of piperidine rings is 1. The number of hydrogen-bond donors (Lipinski definition) is 2. The first-order valence-electron chi connectivity index (χ1n) is 11.8. The van der Waals surface area contributed by atoms with Gasteiger partial charge in [0.05, 0.1) is 31.2 Å². The number of methoxy groups -OCH3 is 1. The molecular formula is C28H28Cl2N2O4. The first kappa shape index (κ1) is 26.2. The molecule has 2 N–H and O–H groups in total. The zero-order valence-electron chi connectivity index (χ0n) is 20.0. The number of aliphatic hydroxyl groups is 1. The van der Waals surface area contributed by atoms with Gasteiger partial charge in [0, 0.05) is 33.7 Å². The Labute approximate surface area is 220 Å². The summed E-state index contributed by atoms with van der Waals surface area (Å²) in [5.41, 5.74) is 2.29. The van der Waals surface area contributed by atoms with E-state index in [1.165, 1.54) is 0 Å². The molecule has 0 aliphatic carbocycles. The lowest BCUT2D eigenvalue weighted by Crippen LogP contribution is -2.44. The molecule has 4 rings (SSSR count). The van der Waals surface area contributed by atoms with Crippen LogP contribution in [-0.4, -0.2) is 52.8 Å². The summed E-state index contributed by atoms with van der Waals surface area (Å²) in [6.07, 6.45) is 2.79. The lowest BCUT2D eigenvalue weighted by Gasteiger charge is -2.36. The summed E-state index contributed by atoms with van der Waals surface area (Å²) in [6.45, 7) is 1.65. The highest BCUT2D eigenvalue weighted by Crippen LogP contribution is 2.33. The third-order valence-corrected chi connectivity index (χ3v) is 7.14. The van der Waals surface area contributed by atoms with Crippen molar-refractivity contribution in [3.05, 3.63) is 69.8 Å². The van der Waals surface area contributed by atoms with Crippen molar-refractivity contribution in [2.75, 3.05) is 26.7 Å². The Morgan fingerprint density at radius 3 is 2.72 bits per heavy atom. The summed E-state index contributed by atoms with van der Waals surface area (Å²) in [4.78, 5) is 18.5. The number of aliphatic hydroxyl groups excluding tert-OH is 1. The molecule has 3 aromatic rings. The first-order valence-corrected chi connectivity index (χ1v) is 12.6. The lowest BCUT2D eigenvalue weighted by molar-refractivity contribution is -0.146. The molecule has 1 aliphatic heterocycles. The van der Waals surface area contributed by atoms with Crippen molar-refractivity contribution in [2.45, 2.75) is 25.4 Å². The van der Waals surface area contributed by atoms with Crippen LogP contribution in [-0.2, 0) is 4.79 Å². The molecule has 0 amide bonds. The van der Waals surface area contributed by atoms with Crippen molar-refractivity contribution >= 4 is 40.1 Å². The van der Waals surface area contributed by atoms with E-state index in [0.717, 1.165) is 35.0 Å². The predicted octanol–water partition coefficient (Wildman–Crippen LogP) is 5.44. The van der Waals surface area contributed by atoms with Gasteiger partial charge < -0.3 is 14.9 Å². The number of rotatable bonds is 7. The van der Waals surface area contributed by atoms with Crippen LogP contribution in [0.2, 0.25) is 10.0 Å². The molecule has 6 nitrogen and oxygen atoms in total. The van der Waals surface area contributed by atoms with Crippen molar-refractivity contribution in [1.82, 2.24) is 9.88 Å². The van der Waals surface area contributed by atoms with Crippen LogP contribution in [0.15, 0.2) is 48.7 Å². The number of halogens is 2. The number of carbonyl (C=O) groups is 1. The Balaban J connectivity index is 1.38. The van der Waals surface area contributed by atoms with Gasteiger partial charge in [0.1, 0.15) is 5.75 Å². The lowest BCUT2D eigenvalue weighted by atomic mass is 9.81. The third-order valence-electron chi connectivity index (χ3n) is 6.71. The van der Waals surface area contributed by atoms with Gasteiger partial charge in [-0.05, 0) is 79.8 Å². The molecule has 8 heteroatoms. The number of benzene rings is 2. The largest absolute Gasteiger partial charge is 0.497 e. The number of aliphatic carboxylic acids is 1. The molecule has 188 valence electrons. The van der Waals surface area contributed by atoms with E-state index in [1.807, 2.05) is 24.3 Å². The summed E-state index contributed by atoms with van der Waals surface area (Å²) in [5, 5.41) is 22.8.